The Labute approximate surface area is 133 Å². The molecule has 3 saturated carbocycles. The third-order valence-corrected chi connectivity index (χ3v) is 5.19. The first-order valence-corrected chi connectivity index (χ1v) is 7.30. The Morgan fingerprint density at radius 3 is 2.00 bits per heavy atom. The first-order valence-electron chi connectivity index (χ1n) is 7.30. The molecule has 122 valence electrons. The van der Waals surface area contributed by atoms with Crippen molar-refractivity contribution in [3.05, 3.63) is 35.4 Å². The summed E-state index contributed by atoms with van der Waals surface area (Å²) in [5, 5.41) is 0. The number of carbonyl (C=O) groups is 3. The lowest BCUT2D eigenvalue weighted by atomic mass is 9.28. The van der Waals surface area contributed by atoms with Gasteiger partial charge in [-0.15, -0.1) is 0 Å². The zero-order chi connectivity index (χ0) is 16.8. The maximum absolute atomic E-state index is 12.2. The van der Waals surface area contributed by atoms with Gasteiger partial charge in [0.15, 0.2) is 0 Å². The molecule has 6 nitrogen and oxygen atoms in total. The van der Waals surface area contributed by atoms with Gasteiger partial charge in [-0.1, -0.05) is 12.1 Å². The van der Waals surface area contributed by atoms with Crippen molar-refractivity contribution in [1.82, 2.24) is 0 Å². The van der Waals surface area contributed by atoms with Crippen LogP contribution in [0.4, 0.5) is 0 Å². The third kappa shape index (κ3) is 1.84. The third-order valence-electron chi connectivity index (χ3n) is 5.19. The van der Waals surface area contributed by atoms with E-state index < -0.39 is 16.8 Å². The monoisotopic (exact) mass is 318 g/mol. The van der Waals surface area contributed by atoms with Crippen LogP contribution >= 0.6 is 0 Å². The van der Waals surface area contributed by atoms with Gasteiger partial charge >= 0.3 is 17.9 Å². The predicted molar refractivity (Wildman–Crippen MR) is 78.7 cm³/mol. The molecule has 1 aromatic carbocycles. The van der Waals surface area contributed by atoms with Crippen LogP contribution in [-0.4, -0.2) is 39.2 Å². The van der Waals surface area contributed by atoms with E-state index in [1.165, 1.54) is 21.3 Å². The fourth-order valence-corrected chi connectivity index (χ4v) is 4.28. The molecular weight excluding hydrogens is 300 g/mol. The summed E-state index contributed by atoms with van der Waals surface area (Å²) < 4.78 is 14.6. The molecule has 0 heterocycles. The number of rotatable bonds is 4. The molecule has 1 aromatic rings. The van der Waals surface area contributed by atoms with Crippen LogP contribution in [0.3, 0.4) is 0 Å². The summed E-state index contributed by atoms with van der Waals surface area (Å²) in [7, 11) is 3.99. The molecule has 0 spiro atoms. The van der Waals surface area contributed by atoms with E-state index >= 15 is 0 Å². The number of hydrogen-bond acceptors (Lipinski definition) is 6. The standard InChI is InChI=1S/C17H18O6/c1-21-13(18)11-6-4-5-10(7-11)12-16(14(19)22-2)8-17(12,9-16)15(20)23-3/h4-7,12H,8-9H2,1-3H3. The van der Waals surface area contributed by atoms with Crippen molar-refractivity contribution >= 4 is 17.9 Å². The van der Waals surface area contributed by atoms with Crippen molar-refractivity contribution in [2.75, 3.05) is 21.3 Å². The van der Waals surface area contributed by atoms with Gasteiger partial charge in [0.2, 0.25) is 0 Å². The predicted octanol–water partition coefficient (Wildman–Crippen LogP) is 1.68. The van der Waals surface area contributed by atoms with Gasteiger partial charge in [-0.3, -0.25) is 9.59 Å². The van der Waals surface area contributed by atoms with Gasteiger partial charge in [0.25, 0.3) is 0 Å². The Hall–Kier alpha value is -2.37. The fourth-order valence-electron chi connectivity index (χ4n) is 4.28. The number of methoxy groups -OCH3 is 3. The highest BCUT2D eigenvalue weighted by Gasteiger charge is 2.83. The normalized spacial score (nSPS) is 30.5. The Balaban J connectivity index is 2.00. The molecule has 0 saturated heterocycles. The highest BCUT2D eigenvalue weighted by atomic mass is 16.5. The molecule has 2 bridgehead atoms. The topological polar surface area (TPSA) is 78.9 Å². The molecule has 0 N–H and O–H groups in total. The van der Waals surface area contributed by atoms with Gasteiger partial charge in [-0.25, -0.2) is 4.79 Å². The van der Waals surface area contributed by atoms with E-state index in [9.17, 15) is 14.4 Å². The number of carbonyl (C=O) groups excluding carboxylic acids is 3. The minimum absolute atomic E-state index is 0.322. The highest BCUT2D eigenvalue weighted by Crippen LogP contribution is 2.81. The molecule has 6 heteroatoms. The summed E-state index contributed by atoms with van der Waals surface area (Å²) in [5.41, 5.74) is -0.257. The molecule has 0 aromatic heterocycles. The van der Waals surface area contributed by atoms with Gasteiger partial charge in [0.1, 0.15) is 0 Å². The van der Waals surface area contributed by atoms with Crippen molar-refractivity contribution < 1.29 is 28.6 Å². The average molecular weight is 318 g/mol. The van der Waals surface area contributed by atoms with Crippen LogP contribution in [0.2, 0.25) is 0 Å². The Bertz CT molecular complexity index is 658. The second-order valence-corrected chi connectivity index (χ2v) is 6.20. The first-order chi connectivity index (χ1) is 10.9. The zero-order valence-electron chi connectivity index (χ0n) is 13.3. The lowest BCUT2D eigenvalue weighted by Crippen LogP contribution is -2.74. The lowest BCUT2D eigenvalue weighted by Gasteiger charge is -2.72. The van der Waals surface area contributed by atoms with E-state index in [0.29, 0.717) is 18.4 Å². The second-order valence-electron chi connectivity index (χ2n) is 6.20. The summed E-state index contributed by atoms with van der Waals surface area (Å²) >= 11 is 0. The van der Waals surface area contributed by atoms with E-state index in [1.54, 1.807) is 18.2 Å². The van der Waals surface area contributed by atoms with Crippen LogP contribution < -0.4 is 0 Å². The smallest absolute Gasteiger partial charge is 0.337 e. The van der Waals surface area contributed by atoms with Crippen molar-refractivity contribution in [1.29, 1.82) is 0 Å². The van der Waals surface area contributed by atoms with E-state index in [-0.39, 0.29) is 17.9 Å². The molecule has 0 unspecified atom stereocenters. The van der Waals surface area contributed by atoms with E-state index in [2.05, 4.69) is 0 Å². The number of benzene rings is 1. The van der Waals surface area contributed by atoms with Crippen LogP contribution in [0, 0.1) is 10.8 Å². The molecule has 0 amide bonds. The molecule has 0 atom stereocenters. The summed E-state index contributed by atoms with van der Waals surface area (Å²) in [6, 6.07) is 6.83. The van der Waals surface area contributed by atoms with Crippen LogP contribution in [0.1, 0.15) is 34.7 Å². The van der Waals surface area contributed by atoms with Crippen LogP contribution in [-0.2, 0) is 23.8 Å². The second kappa shape index (κ2) is 5.08. The molecular formula is C17H18O6. The summed E-state index contributed by atoms with van der Waals surface area (Å²) in [6.45, 7) is 0. The maximum atomic E-state index is 12.2. The highest BCUT2D eigenvalue weighted by molar-refractivity contribution is 5.95. The van der Waals surface area contributed by atoms with Gasteiger partial charge in [0.05, 0.1) is 37.7 Å². The van der Waals surface area contributed by atoms with Gasteiger partial charge in [-0.2, -0.15) is 0 Å². The van der Waals surface area contributed by atoms with E-state index in [0.717, 1.165) is 5.56 Å². The van der Waals surface area contributed by atoms with Gasteiger partial charge in [-0.05, 0) is 30.5 Å². The molecule has 4 rings (SSSR count). The number of ether oxygens (including phenoxy) is 3. The van der Waals surface area contributed by atoms with Crippen LogP contribution in [0.15, 0.2) is 24.3 Å². The summed E-state index contributed by atoms with van der Waals surface area (Å²) in [4.78, 5) is 36.1. The van der Waals surface area contributed by atoms with Crippen molar-refractivity contribution in [3.8, 4) is 0 Å². The summed E-state index contributed by atoms with van der Waals surface area (Å²) in [6.07, 6.45) is 0.846. The number of hydrogen-bond donors (Lipinski definition) is 0. The van der Waals surface area contributed by atoms with Crippen molar-refractivity contribution in [2.45, 2.75) is 18.8 Å². The Morgan fingerprint density at radius 1 is 0.957 bits per heavy atom. The Kier molecular flexibility index (Phi) is 3.43. The van der Waals surface area contributed by atoms with E-state index in [1.807, 2.05) is 6.07 Å². The minimum Gasteiger partial charge on any atom is -0.469 e. The molecule has 3 aliphatic carbocycles. The van der Waals surface area contributed by atoms with Crippen LogP contribution in [0.25, 0.3) is 0 Å². The van der Waals surface area contributed by atoms with Gasteiger partial charge < -0.3 is 14.2 Å². The van der Waals surface area contributed by atoms with Crippen LogP contribution in [0.5, 0.6) is 0 Å². The van der Waals surface area contributed by atoms with Crippen molar-refractivity contribution in [3.63, 3.8) is 0 Å². The average Bonchev–Trinajstić information content (AvgIpc) is 2.51. The Morgan fingerprint density at radius 2 is 1.52 bits per heavy atom. The molecule has 3 fully saturated rings. The lowest BCUT2D eigenvalue weighted by molar-refractivity contribution is -0.249. The number of esters is 3. The molecule has 0 aliphatic heterocycles. The van der Waals surface area contributed by atoms with Gasteiger partial charge in [0, 0.05) is 5.92 Å². The summed E-state index contributed by atoms with van der Waals surface area (Å²) in [5.74, 6) is -1.44. The van der Waals surface area contributed by atoms with Crippen molar-refractivity contribution in [2.24, 2.45) is 10.8 Å². The van der Waals surface area contributed by atoms with E-state index in [4.69, 9.17) is 14.2 Å². The maximum Gasteiger partial charge on any atom is 0.337 e. The molecule has 0 radical (unpaired) electrons. The SMILES string of the molecule is COC(=O)c1cccc(C2C3(C(=O)OC)CC2(C(=O)OC)C3)c1. The minimum atomic E-state index is -0.697. The molecule has 3 aliphatic rings. The first kappa shape index (κ1) is 15.5. The molecule has 23 heavy (non-hydrogen) atoms. The quantitative estimate of drug-likeness (QED) is 0.621. The largest absolute Gasteiger partial charge is 0.469 e. The zero-order valence-corrected chi connectivity index (χ0v) is 13.3. The fraction of sp³-hybridized carbons (Fsp3) is 0.471.